The average molecular weight is 339 g/mol. The summed E-state index contributed by atoms with van der Waals surface area (Å²) < 4.78 is 0. The zero-order chi connectivity index (χ0) is 17.6. The van der Waals surface area contributed by atoms with E-state index < -0.39 is 0 Å². The standard InChI is InChI=1S/C20H25N3O2/c1-15(17-5-3-2-4-6-17)23-12-11-19(13-23)22-20(25)21-18-9-7-16(14-24)8-10-18/h2-10,15,19,24H,11-14H2,1H3,(H2,21,22,25). The van der Waals surface area contributed by atoms with E-state index in [4.69, 9.17) is 5.11 Å². The number of anilines is 1. The fourth-order valence-corrected chi connectivity index (χ4v) is 3.25. The summed E-state index contributed by atoms with van der Waals surface area (Å²) in [6, 6.07) is 18.0. The monoisotopic (exact) mass is 339 g/mol. The lowest BCUT2D eigenvalue weighted by molar-refractivity contribution is 0.241. The molecular weight excluding hydrogens is 314 g/mol. The number of carbonyl (C=O) groups is 1. The fourth-order valence-electron chi connectivity index (χ4n) is 3.25. The molecular formula is C20H25N3O2. The third-order valence-corrected chi connectivity index (χ3v) is 4.78. The summed E-state index contributed by atoms with van der Waals surface area (Å²) in [5.74, 6) is 0. The molecule has 0 radical (unpaired) electrons. The lowest BCUT2D eigenvalue weighted by atomic mass is 10.1. The molecule has 2 atom stereocenters. The molecule has 1 saturated heterocycles. The van der Waals surface area contributed by atoms with Crippen molar-refractivity contribution >= 4 is 11.7 Å². The normalized spacial score (nSPS) is 18.7. The Morgan fingerprint density at radius 3 is 2.60 bits per heavy atom. The molecule has 0 bridgehead atoms. The van der Waals surface area contributed by atoms with Crippen molar-refractivity contribution in [2.75, 3.05) is 18.4 Å². The molecule has 25 heavy (non-hydrogen) atoms. The van der Waals surface area contributed by atoms with Crippen LogP contribution in [0.4, 0.5) is 10.5 Å². The number of urea groups is 1. The van der Waals surface area contributed by atoms with Crippen LogP contribution in [0.25, 0.3) is 0 Å². The van der Waals surface area contributed by atoms with E-state index in [0.29, 0.717) is 6.04 Å². The summed E-state index contributed by atoms with van der Waals surface area (Å²) >= 11 is 0. The number of amides is 2. The summed E-state index contributed by atoms with van der Waals surface area (Å²) in [6.45, 7) is 4.05. The number of rotatable bonds is 5. The third-order valence-electron chi connectivity index (χ3n) is 4.78. The van der Waals surface area contributed by atoms with Gasteiger partial charge in [-0.1, -0.05) is 42.5 Å². The molecule has 0 spiro atoms. The van der Waals surface area contributed by atoms with Crippen molar-refractivity contribution in [2.45, 2.75) is 32.0 Å². The molecule has 2 aromatic carbocycles. The van der Waals surface area contributed by atoms with Crippen molar-refractivity contribution in [1.29, 1.82) is 0 Å². The van der Waals surface area contributed by atoms with Crippen LogP contribution in [0.1, 0.15) is 30.5 Å². The number of aliphatic hydroxyl groups excluding tert-OH is 1. The Kier molecular flexibility index (Phi) is 5.68. The van der Waals surface area contributed by atoms with E-state index in [1.165, 1.54) is 5.56 Å². The van der Waals surface area contributed by atoms with Gasteiger partial charge in [0.25, 0.3) is 0 Å². The molecule has 3 rings (SSSR count). The molecule has 0 aromatic heterocycles. The van der Waals surface area contributed by atoms with Gasteiger partial charge in [0.1, 0.15) is 0 Å². The first-order valence-corrected chi connectivity index (χ1v) is 8.72. The highest BCUT2D eigenvalue weighted by molar-refractivity contribution is 5.89. The summed E-state index contributed by atoms with van der Waals surface area (Å²) in [7, 11) is 0. The van der Waals surface area contributed by atoms with Gasteiger partial charge in [0.2, 0.25) is 0 Å². The van der Waals surface area contributed by atoms with Crippen molar-refractivity contribution in [3.8, 4) is 0 Å². The van der Waals surface area contributed by atoms with Crippen LogP contribution in [0, 0.1) is 0 Å². The minimum absolute atomic E-state index is 0.00395. The molecule has 1 fully saturated rings. The van der Waals surface area contributed by atoms with E-state index >= 15 is 0 Å². The van der Waals surface area contributed by atoms with Crippen LogP contribution in [-0.2, 0) is 6.61 Å². The highest BCUT2D eigenvalue weighted by Crippen LogP contribution is 2.24. The summed E-state index contributed by atoms with van der Waals surface area (Å²) in [5.41, 5.74) is 2.85. The Morgan fingerprint density at radius 1 is 1.20 bits per heavy atom. The number of hydrogen-bond donors (Lipinski definition) is 3. The zero-order valence-electron chi connectivity index (χ0n) is 14.5. The van der Waals surface area contributed by atoms with Gasteiger partial charge in [-0.05, 0) is 36.6 Å². The van der Waals surface area contributed by atoms with Crippen LogP contribution >= 0.6 is 0 Å². The maximum Gasteiger partial charge on any atom is 0.319 e. The van der Waals surface area contributed by atoms with Gasteiger partial charge in [-0.25, -0.2) is 4.79 Å². The van der Waals surface area contributed by atoms with Gasteiger partial charge in [-0.15, -0.1) is 0 Å². The Labute approximate surface area is 148 Å². The van der Waals surface area contributed by atoms with Crippen molar-refractivity contribution in [1.82, 2.24) is 10.2 Å². The van der Waals surface area contributed by atoms with Gasteiger partial charge >= 0.3 is 6.03 Å². The maximum absolute atomic E-state index is 12.2. The second-order valence-corrected chi connectivity index (χ2v) is 6.52. The highest BCUT2D eigenvalue weighted by Gasteiger charge is 2.27. The van der Waals surface area contributed by atoms with E-state index in [2.05, 4.69) is 46.7 Å². The summed E-state index contributed by atoms with van der Waals surface area (Å²) in [4.78, 5) is 14.6. The van der Waals surface area contributed by atoms with Gasteiger partial charge in [0.15, 0.2) is 0 Å². The summed E-state index contributed by atoms with van der Waals surface area (Å²) in [5, 5.41) is 14.9. The number of likely N-dealkylation sites (tertiary alicyclic amines) is 1. The molecule has 1 aliphatic rings. The highest BCUT2D eigenvalue weighted by atomic mass is 16.3. The lowest BCUT2D eigenvalue weighted by Crippen LogP contribution is -2.40. The van der Waals surface area contributed by atoms with Crippen LogP contribution in [-0.4, -0.2) is 35.2 Å². The van der Waals surface area contributed by atoms with Crippen molar-refractivity contribution in [3.63, 3.8) is 0 Å². The van der Waals surface area contributed by atoms with E-state index in [1.54, 1.807) is 24.3 Å². The van der Waals surface area contributed by atoms with E-state index in [1.807, 2.05) is 6.07 Å². The Balaban J connectivity index is 1.49. The quantitative estimate of drug-likeness (QED) is 0.784. The second kappa shape index (κ2) is 8.14. The van der Waals surface area contributed by atoms with E-state index in [0.717, 1.165) is 30.8 Å². The lowest BCUT2D eigenvalue weighted by Gasteiger charge is -2.24. The molecule has 2 unspecified atom stereocenters. The number of carbonyl (C=O) groups excluding carboxylic acids is 1. The van der Waals surface area contributed by atoms with Gasteiger partial charge < -0.3 is 15.7 Å². The number of hydrogen-bond acceptors (Lipinski definition) is 3. The zero-order valence-corrected chi connectivity index (χ0v) is 14.5. The van der Waals surface area contributed by atoms with Gasteiger partial charge in [0, 0.05) is 30.9 Å². The maximum atomic E-state index is 12.2. The molecule has 2 aromatic rings. The molecule has 132 valence electrons. The molecule has 1 aliphatic heterocycles. The largest absolute Gasteiger partial charge is 0.392 e. The SMILES string of the molecule is CC(c1ccccc1)N1CCC(NC(=O)Nc2ccc(CO)cc2)C1. The van der Waals surface area contributed by atoms with Crippen LogP contribution in [0.15, 0.2) is 54.6 Å². The number of nitrogens with one attached hydrogen (secondary N) is 2. The minimum atomic E-state index is -0.184. The Hall–Kier alpha value is -2.37. The minimum Gasteiger partial charge on any atom is -0.392 e. The molecule has 1 heterocycles. The first kappa shape index (κ1) is 17.5. The first-order chi connectivity index (χ1) is 12.2. The van der Waals surface area contributed by atoms with E-state index in [9.17, 15) is 4.79 Å². The fraction of sp³-hybridized carbons (Fsp3) is 0.350. The molecule has 0 saturated carbocycles. The number of aliphatic hydroxyl groups is 1. The second-order valence-electron chi connectivity index (χ2n) is 6.52. The van der Waals surface area contributed by atoms with Crippen LogP contribution in [0.3, 0.4) is 0 Å². The Morgan fingerprint density at radius 2 is 1.92 bits per heavy atom. The molecule has 3 N–H and O–H groups in total. The predicted molar refractivity (Wildman–Crippen MR) is 99.4 cm³/mol. The molecule has 0 aliphatic carbocycles. The molecule has 2 amide bonds. The summed E-state index contributed by atoms with van der Waals surface area (Å²) in [6.07, 6.45) is 0.952. The molecule has 5 nitrogen and oxygen atoms in total. The van der Waals surface area contributed by atoms with E-state index in [-0.39, 0.29) is 18.7 Å². The molecule has 5 heteroatoms. The van der Waals surface area contributed by atoms with Crippen molar-refractivity contribution in [2.24, 2.45) is 0 Å². The topological polar surface area (TPSA) is 64.6 Å². The third kappa shape index (κ3) is 4.59. The number of benzene rings is 2. The average Bonchev–Trinajstić information content (AvgIpc) is 3.10. The van der Waals surface area contributed by atoms with Crippen LogP contribution < -0.4 is 10.6 Å². The van der Waals surface area contributed by atoms with Gasteiger partial charge in [-0.2, -0.15) is 0 Å². The smallest absolute Gasteiger partial charge is 0.319 e. The van der Waals surface area contributed by atoms with Crippen LogP contribution in [0.5, 0.6) is 0 Å². The first-order valence-electron chi connectivity index (χ1n) is 8.72. The van der Waals surface area contributed by atoms with Crippen molar-refractivity contribution < 1.29 is 9.90 Å². The van der Waals surface area contributed by atoms with Gasteiger partial charge in [-0.3, -0.25) is 4.90 Å². The number of nitrogens with zero attached hydrogens (tertiary/aromatic N) is 1. The predicted octanol–water partition coefficient (Wildman–Crippen LogP) is 3.14. The van der Waals surface area contributed by atoms with Gasteiger partial charge in [0.05, 0.1) is 6.61 Å². The Bertz CT molecular complexity index is 688. The van der Waals surface area contributed by atoms with Crippen LogP contribution in [0.2, 0.25) is 0 Å². The van der Waals surface area contributed by atoms with Crippen molar-refractivity contribution in [3.05, 3.63) is 65.7 Å².